The van der Waals surface area contributed by atoms with Crippen molar-refractivity contribution in [1.29, 1.82) is 0 Å². The smallest absolute Gasteiger partial charge is 0.176 e. The molecule has 0 amide bonds. The molecule has 28 heavy (non-hydrogen) atoms. The molecular formula is C21H19N3O3S. The Hall–Kier alpha value is -3.32. The lowest BCUT2D eigenvalue weighted by Gasteiger charge is -2.07. The predicted molar refractivity (Wildman–Crippen MR) is 110 cm³/mol. The van der Waals surface area contributed by atoms with E-state index in [0.717, 1.165) is 16.6 Å². The first-order chi connectivity index (χ1) is 13.4. The highest BCUT2D eigenvalue weighted by Gasteiger charge is 2.15. The van der Waals surface area contributed by atoms with E-state index in [-0.39, 0.29) is 6.61 Å². The highest BCUT2D eigenvalue weighted by atomic mass is 32.2. The summed E-state index contributed by atoms with van der Waals surface area (Å²) in [6.07, 6.45) is 1.21. The Balaban J connectivity index is 1.64. The van der Waals surface area contributed by atoms with Crippen molar-refractivity contribution in [1.82, 2.24) is 9.97 Å². The summed E-state index contributed by atoms with van der Waals surface area (Å²) in [5.74, 6) is 1.34. The first kappa shape index (κ1) is 18.1. The maximum absolute atomic E-state index is 12.1. The summed E-state index contributed by atoms with van der Waals surface area (Å²) in [4.78, 5) is 8.06. The SMILES string of the molecule is CS(=O)(=O)c1ccccc1-c1ccc2nc(COc3cccc(N)c3)[nH]c2c1. The first-order valence-electron chi connectivity index (χ1n) is 8.66. The van der Waals surface area contributed by atoms with E-state index in [1.165, 1.54) is 6.26 Å². The van der Waals surface area contributed by atoms with Crippen molar-refractivity contribution >= 4 is 26.6 Å². The number of imidazole rings is 1. The van der Waals surface area contributed by atoms with Gasteiger partial charge in [0.1, 0.15) is 18.2 Å². The number of aromatic nitrogens is 2. The molecule has 1 aromatic heterocycles. The van der Waals surface area contributed by atoms with Gasteiger partial charge in [-0.05, 0) is 35.9 Å². The van der Waals surface area contributed by atoms with Crippen LogP contribution in [0.4, 0.5) is 5.69 Å². The van der Waals surface area contributed by atoms with Crippen molar-refractivity contribution in [2.24, 2.45) is 0 Å². The monoisotopic (exact) mass is 393 g/mol. The van der Waals surface area contributed by atoms with Crippen molar-refractivity contribution in [3.05, 3.63) is 72.6 Å². The van der Waals surface area contributed by atoms with E-state index >= 15 is 0 Å². The molecule has 0 saturated heterocycles. The van der Waals surface area contributed by atoms with Crippen LogP contribution in [-0.2, 0) is 16.4 Å². The van der Waals surface area contributed by atoms with Crippen molar-refractivity contribution in [3.63, 3.8) is 0 Å². The quantitative estimate of drug-likeness (QED) is 0.503. The first-order valence-corrected chi connectivity index (χ1v) is 10.6. The van der Waals surface area contributed by atoms with Crippen LogP contribution in [0, 0.1) is 0 Å². The number of hydrogen-bond acceptors (Lipinski definition) is 5. The van der Waals surface area contributed by atoms with Gasteiger partial charge >= 0.3 is 0 Å². The van der Waals surface area contributed by atoms with Gasteiger partial charge in [-0.15, -0.1) is 0 Å². The number of nitrogens with two attached hydrogens (primary N) is 1. The lowest BCUT2D eigenvalue weighted by molar-refractivity contribution is 0.297. The number of sulfone groups is 1. The predicted octanol–water partition coefficient (Wildman–Crippen LogP) is 3.79. The fraction of sp³-hybridized carbons (Fsp3) is 0.0952. The summed E-state index contributed by atoms with van der Waals surface area (Å²) in [5.41, 5.74) is 9.46. The van der Waals surface area contributed by atoms with Crippen LogP contribution in [0.2, 0.25) is 0 Å². The number of nitrogen functional groups attached to an aromatic ring is 1. The van der Waals surface area contributed by atoms with Crippen molar-refractivity contribution in [2.45, 2.75) is 11.5 Å². The molecule has 4 rings (SSSR count). The maximum atomic E-state index is 12.1. The molecule has 0 bridgehead atoms. The van der Waals surface area contributed by atoms with E-state index in [1.54, 1.807) is 30.3 Å². The molecule has 0 unspecified atom stereocenters. The molecule has 142 valence electrons. The number of fused-ring (bicyclic) bond motifs is 1. The van der Waals surface area contributed by atoms with E-state index < -0.39 is 9.84 Å². The molecule has 0 saturated carbocycles. The number of hydrogen-bond donors (Lipinski definition) is 2. The average molecular weight is 393 g/mol. The number of rotatable bonds is 5. The van der Waals surface area contributed by atoms with Crippen molar-refractivity contribution in [3.8, 4) is 16.9 Å². The van der Waals surface area contributed by atoms with Crippen LogP contribution in [0.15, 0.2) is 71.6 Å². The fourth-order valence-electron chi connectivity index (χ4n) is 3.08. The van der Waals surface area contributed by atoms with Crippen LogP contribution >= 0.6 is 0 Å². The zero-order valence-corrected chi connectivity index (χ0v) is 16.0. The van der Waals surface area contributed by atoms with E-state index in [9.17, 15) is 8.42 Å². The molecule has 0 radical (unpaired) electrons. The minimum Gasteiger partial charge on any atom is -0.486 e. The Labute approximate surface area is 162 Å². The molecule has 3 N–H and O–H groups in total. The molecule has 0 aliphatic carbocycles. The van der Waals surface area contributed by atoms with Crippen molar-refractivity contribution < 1.29 is 13.2 Å². The number of nitrogens with zero attached hydrogens (tertiary/aromatic N) is 1. The summed E-state index contributed by atoms with van der Waals surface area (Å²) < 4.78 is 29.9. The van der Waals surface area contributed by atoms with Gasteiger partial charge in [0.2, 0.25) is 0 Å². The molecule has 3 aromatic carbocycles. The van der Waals surface area contributed by atoms with Gasteiger partial charge in [-0.3, -0.25) is 0 Å². The van der Waals surface area contributed by atoms with E-state index in [4.69, 9.17) is 10.5 Å². The zero-order chi connectivity index (χ0) is 19.7. The molecule has 0 aliphatic rings. The summed E-state index contributed by atoms with van der Waals surface area (Å²) in [7, 11) is -3.33. The molecule has 0 spiro atoms. The largest absolute Gasteiger partial charge is 0.486 e. The topological polar surface area (TPSA) is 98.1 Å². The van der Waals surface area contributed by atoms with Gasteiger partial charge in [-0.25, -0.2) is 13.4 Å². The van der Waals surface area contributed by atoms with Crippen LogP contribution in [0.1, 0.15) is 5.82 Å². The van der Waals surface area contributed by atoms with Gasteiger partial charge in [-0.2, -0.15) is 0 Å². The van der Waals surface area contributed by atoms with E-state index in [0.29, 0.717) is 27.7 Å². The number of nitrogens with one attached hydrogen (secondary N) is 1. The normalized spacial score (nSPS) is 11.6. The van der Waals surface area contributed by atoms with Gasteiger partial charge in [0.05, 0.1) is 15.9 Å². The average Bonchev–Trinajstić information content (AvgIpc) is 3.08. The molecule has 4 aromatic rings. The van der Waals surface area contributed by atoms with Crippen LogP contribution in [0.3, 0.4) is 0 Å². The summed E-state index contributed by atoms with van der Waals surface area (Å²) in [6.45, 7) is 0.271. The number of anilines is 1. The highest BCUT2D eigenvalue weighted by Crippen LogP contribution is 2.29. The second-order valence-corrected chi connectivity index (χ2v) is 8.53. The van der Waals surface area contributed by atoms with Gasteiger partial charge in [-0.1, -0.05) is 30.3 Å². The summed E-state index contributed by atoms with van der Waals surface area (Å²) >= 11 is 0. The number of H-pyrrole nitrogens is 1. The van der Waals surface area contributed by atoms with Crippen molar-refractivity contribution in [2.75, 3.05) is 12.0 Å². The Kier molecular flexibility index (Phi) is 4.52. The second-order valence-electron chi connectivity index (χ2n) is 6.54. The minimum absolute atomic E-state index is 0.271. The number of aromatic amines is 1. The van der Waals surface area contributed by atoms with Gasteiger partial charge < -0.3 is 15.5 Å². The third-order valence-electron chi connectivity index (χ3n) is 4.36. The van der Waals surface area contributed by atoms with Crippen LogP contribution in [0.25, 0.3) is 22.2 Å². The molecular weight excluding hydrogens is 374 g/mol. The van der Waals surface area contributed by atoms with Gasteiger partial charge in [0.25, 0.3) is 0 Å². The molecule has 1 heterocycles. The lowest BCUT2D eigenvalue weighted by atomic mass is 10.1. The van der Waals surface area contributed by atoms with E-state index in [1.807, 2.05) is 36.4 Å². The molecule has 7 heteroatoms. The van der Waals surface area contributed by atoms with Crippen LogP contribution in [0.5, 0.6) is 5.75 Å². The standard InChI is InChI=1S/C21H19N3O3S/c1-28(25,26)20-8-3-2-7-17(20)14-9-10-18-19(11-14)24-21(23-18)13-27-16-6-4-5-15(22)12-16/h2-12H,13,22H2,1H3,(H,23,24). The Morgan fingerprint density at radius 1 is 1.04 bits per heavy atom. The van der Waals surface area contributed by atoms with E-state index in [2.05, 4.69) is 9.97 Å². The Morgan fingerprint density at radius 3 is 2.64 bits per heavy atom. The third-order valence-corrected chi connectivity index (χ3v) is 5.52. The Morgan fingerprint density at radius 2 is 1.86 bits per heavy atom. The number of benzene rings is 3. The van der Waals surface area contributed by atoms with Crippen LogP contribution in [-0.4, -0.2) is 24.6 Å². The fourth-order valence-corrected chi connectivity index (χ4v) is 3.99. The molecule has 0 fully saturated rings. The summed E-state index contributed by atoms with van der Waals surface area (Å²) in [5, 5.41) is 0. The Bertz CT molecular complexity index is 1260. The highest BCUT2D eigenvalue weighted by molar-refractivity contribution is 7.90. The number of ether oxygens (including phenoxy) is 1. The molecule has 0 atom stereocenters. The molecule has 6 nitrogen and oxygen atoms in total. The summed E-state index contributed by atoms with van der Waals surface area (Å²) in [6, 6.07) is 19.8. The zero-order valence-electron chi connectivity index (χ0n) is 15.2. The third kappa shape index (κ3) is 3.70. The second kappa shape index (κ2) is 7.01. The molecule has 0 aliphatic heterocycles. The lowest BCUT2D eigenvalue weighted by Crippen LogP contribution is -1.99. The minimum atomic E-state index is -3.33. The van der Waals surface area contributed by atoms with Crippen LogP contribution < -0.4 is 10.5 Å². The van der Waals surface area contributed by atoms with Gasteiger partial charge in [0.15, 0.2) is 9.84 Å². The van der Waals surface area contributed by atoms with Gasteiger partial charge in [0, 0.05) is 23.6 Å². The maximum Gasteiger partial charge on any atom is 0.176 e.